The molecule has 1 saturated heterocycles. The van der Waals surface area contributed by atoms with Gasteiger partial charge in [-0.15, -0.1) is 0 Å². The zero-order chi connectivity index (χ0) is 18.7. The molecule has 0 saturated carbocycles. The highest BCUT2D eigenvalue weighted by Gasteiger charge is 2.35. The first-order valence-corrected chi connectivity index (χ1v) is 8.83. The summed E-state index contributed by atoms with van der Waals surface area (Å²) in [5.41, 5.74) is 1.59. The molecule has 1 aliphatic heterocycles. The molecule has 1 N–H and O–H groups in total. The minimum Gasteiger partial charge on any atom is -0.465 e. The molecule has 1 heterocycles. The average molecular weight is 417 g/mol. The van der Waals surface area contributed by atoms with E-state index in [1.54, 1.807) is 29.2 Å². The monoisotopic (exact) mass is 416 g/mol. The van der Waals surface area contributed by atoms with E-state index < -0.39 is 11.9 Å². The van der Waals surface area contributed by atoms with Gasteiger partial charge in [-0.25, -0.2) is 4.79 Å². The Morgan fingerprint density at radius 3 is 2.69 bits per heavy atom. The van der Waals surface area contributed by atoms with Gasteiger partial charge < -0.3 is 15.0 Å². The van der Waals surface area contributed by atoms with Gasteiger partial charge in [-0.3, -0.25) is 9.59 Å². The van der Waals surface area contributed by atoms with Crippen LogP contribution in [-0.4, -0.2) is 31.4 Å². The van der Waals surface area contributed by atoms with Crippen LogP contribution in [0.4, 0.5) is 11.4 Å². The SMILES string of the molecule is COC(=O)c1cccc(NC(=O)C2CC(=O)N(c3ccccc3Br)C2)c1. The van der Waals surface area contributed by atoms with Gasteiger partial charge >= 0.3 is 5.97 Å². The molecule has 1 aliphatic rings. The van der Waals surface area contributed by atoms with Crippen LogP contribution in [0.2, 0.25) is 0 Å². The summed E-state index contributed by atoms with van der Waals surface area (Å²) in [5, 5.41) is 2.77. The van der Waals surface area contributed by atoms with E-state index in [0.29, 0.717) is 17.8 Å². The van der Waals surface area contributed by atoms with Crippen LogP contribution < -0.4 is 10.2 Å². The molecule has 1 fully saturated rings. The first-order chi connectivity index (χ1) is 12.5. The smallest absolute Gasteiger partial charge is 0.337 e. The fraction of sp³-hybridized carbons (Fsp3) is 0.211. The standard InChI is InChI=1S/C19H17BrN2O4/c1-26-19(25)12-5-4-6-14(9-12)21-18(24)13-10-17(23)22(11-13)16-8-3-2-7-15(16)20/h2-9,13H,10-11H2,1H3,(H,21,24). The van der Waals surface area contributed by atoms with E-state index in [-0.39, 0.29) is 18.2 Å². The largest absolute Gasteiger partial charge is 0.465 e. The quantitative estimate of drug-likeness (QED) is 0.776. The van der Waals surface area contributed by atoms with E-state index in [4.69, 9.17) is 0 Å². The number of amides is 2. The summed E-state index contributed by atoms with van der Waals surface area (Å²) in [7, 11) is 1.30. The molecule has 1 atom stereocenters. The summed E-state index contributed by atoms with van der Waals surface area (Å²) in [6, 6.07) is 13.9. The highest BCUT2D eigenvalue weighted by Crippen LogP contribution is 2.31. The summed E-state index contributed by atoms with van der Waals surface area (Å²) < 4.78 is 5.48. The Bertz CT molecular complexity index is 868. The van der Waals surface area contributed by atoms with Gasteiger partial charge in [0.15, 0.2) is 0 Å². The molecular weight excluding hydrogens is 400 g/mol. The fourth-order valence-corrected chi connectivity index (χ4v) is 3.37. The van der Waals surface area contributed by atoms with Gasteiger partial charge in [0.1, 0.15) is 0 Å². The van der Waals surface area contributed by atoms with Gasteiger partial charge in [-0.1, -0.05) is 18.2 Å². The van der Waals surface area contributed by atoms with E-state index in [0.717, 1.165) is 10.2 Å². The summed E-state index contributed by atoms with van der Waals surface area (Å²) in [6.45, 7) is 0.309. The summed E-state index contributed by atoms with van der Waals surface area (Å²) in [6.07, 6.45) is 0.143. The third kappa shape index (κ3) is 3.77. The van der Waals surface area contributed by atoms with Crippen LogP contribution in [0.5, 0.6) is 0 Å². The Morgan fingerprint density at radius 2 is 1.96 bits per heavy atom. The van der Waals surface area contributed by atoms with Gasteiger partial charge in [-0.2, -0.15) is 0 Å². The average Bonchev–Trinajstić information content (AvgIpc) is 3.03. The number of methoxy groups -OCH3 is 1. The number of benzene rings is 2. The maximum Gasteiger partial charge on any atom is 0.337 e. The van der Waals surface area contributed by atoms with Crippen molar-refractivity contribution in [3.05, 3.63) is 58.6 Å². The van der Waals surface area contributed by atoms with Gasteiger partial charge in [0.25, 0.3) is 0 Å². The van der Waals surface area contributed by atoms with Crippen LogP contribution in [0, 0.1) is 5.92 Å². The number of nitrogens with zero attached hydrogens (tertiary/aromatic N) is 1. The lowest BCUT2D eigenvalue weighted by atomic mass is 10.1. The number of ether oxygens (including phenoxy) is 1. The maximum absolute atomic E-state index is 12.6. The Kier molecular flexibility index (Phi) is 5.37. The number of carbonyl (C=O) groups excluding carboxylic acids is 3. The number of halogens is 1. The molecule has 2 aromatic carbocycles. The molecule has 0 bridgehead atoms. The predicted octanol–water partition coefficient (Wildman–Crippen LogP) is 3.23. The number of esters is 1. The second-order valence-corrected chi connectivity index (χ2v) is 6.77. The van der Waals surface area contributed by atoms with Gasteiger partial charge in [0.2, 0.25) is 11.8 Å². The van der Waals surface area contributed by atoms with Crippen LogP contribution in [0.3, 0.4) is 0 Å². The summed E-state index contributed by atoms with van der Waals surface area (Å²) in [4.78, 5) is 38.1. The molecule has 0 aromatic heterocycles. The Morgan fingerprint density at radius 1 is 1.19 bits per heavy atom. The number of anilines is 2. The summed E-state index contributed by atoms with van der Waals surface area (Å²) in [5.74, 6) is -1.29. The van der Waals surface area contributed by atoms with E-state index in [2.05, 4.69) is 26.0 Å². The second-order valence-electron chi connectivity index (χ2n) is 5.92. The minimum absolute atomic E-state index is 0.0969. The predicted molar refractivity (Wildman–Crippen MR) is 101 cm³/mol. The molecule has 0 aliphatic carbocycles. The molecule has 1 unspecified atom stereocenters. The van der Waals surface area contributed by atoms with Crippen LogP contribution in [0.25, 0.3) is 0 Å². The van der Waals surface area contributed by atoms with Crippen LogP contribution >= 0.6 is 15.9 Å². The third-order valence-electron chi connectivity index (χ3n) is 4.19. The lowest BCUT2D eigenvalue weighted by Crippen LogP contribution is -2.28. The highest BCUT2D eigenvalue weighted by atomic mass is 79.9. The molecule has 2 aromatic rings. The van der Waals surface area contributed by atoms with Crippen molar-refractivity contribution in [2.45, 2.75) is 6.42 Å². The zero-order valence-corrected chi connectivity index (χ0v) is 15.7. The van der Waals surface area contributed by atoms with Crippen molar-refractivity contribution in [2.24, 2.45) is 5.92 Å². The third-order valence-corrected chi connectivity index (χ3v) is 4.86. The van der Waals surface area contributed by atoms with Crippen molar-refractivity contribution >= 4 is 45.1 Å². The van der Waals surface area contributed by atoms with Crippen LogP contribution in [0.15, 0.2) is 53.0 Å². The number of hydrogen-bond acceptors (Lipinski definition) is 4. The molecule has 134 valence electrons. The first-order valence-electron chi connectivity index (χ1n) is 8.03. The first kappa shape index (κ1) is 18.1. The van der Waals surface area contributed by atoms with E-state index in [1.165, 1.54) is 7.11 Å². The van der Waals surface area contributed by atoms with E-state index >= 15 is 0 Å². The van der Waals surface area contributed by atoms with Gasteiger partial charge in [0.05, 0.1) is 24.3 Å². The van der Waals surface area contributed by atoms with E-state index in [9.17, 15) is 14.4 Å². The summed E-state index contributed by atoms with van der Waals surface area (Å²) >= 11 is 3.43. The fourth-order valence-electron chi connectivity index (χ4n) is 2.87. The minimum atomic E-state index is -0.475. The van der Waals surface area contributed by atoms with E-state index in [1.807, 2.05) is 24.3 Å². The zero-order valence-electron chi connectivity index (χ0n) is 14.1. The van der Waals surface area contributed by atoms with Crippen LogP contribution in [0.1, 0.15) is 16.8 Å². The van der Waals surface area contributed by atoms with Crippen molar-refractivity contribution in [1.82, 2.24) is 0 Å². The van der Waals surface area contributed by atoms with Gasteiger partial charge in [-0.05, 0) is 46.3 Å². The molecular formula is C19H17BrN2O4. The van der Waals surface area contributed by atoms with Crippen molar-refractivity contribution in [2.75, 3.05) is 23.9 Å². The molecule has 3 rings (SSSR count). The lowest BCUT2D eigenvalue weighted by Gasteiger charge is -2.18. The second kappa shape index (κ2) is 7.70. The lowest BCUT2D eigenvalue weighted by molar-refractivity contribution is -0.122. The Hall–Kier alpha value is -2.67. The maximum atomic E-state index is 12.6. The molecule has 26 heavy (non-hydrogen) atoms. The normalized spacial score (nSPS) is 16.5. The molecule has 0 radical (unpaired) electrons. The van der Waals surface area contributed by atoms with Crippen molar-refractivity contribution in [3.8, 4) is 0 Å². The molecule has 7 heteroatoms. The topological polar surface area (TPSA) is 75.7 Å². The number of nitrogens with one attached hydrogen (secondary N) is 1. The molecule has 0 spiro atoms. The number of hydrogen-bond donors (Lipinski definition) is 1. The molecule has 2 amide bonds. The Labute approximate surface area is 159 Å². The Balaban J connectivity index is 1.71. The number of rotatable bonds is 4. The number of carbonyl (C=O) groups is 3. The van der Waals surface area contributed by atoms with Crippen molar-refractivity contribution < 1.29 is 19.1 Å². The van der Waals surface area contributed by atoms with Crippen LogP contribution in [-0.2, 0) is 14.3 Å². The molecule has 6 nitrogen and oxygen atoms in total. The van der Waals surface area contributed by atoms with Gasteiger partial charge in [0, 0.05) is 23.1 Å². The van der Waals surface area contributed by atoms with Crippen molar-refractivity contribution in [1.29, 1.82) is 0 Å². The number of para-hydroxylation sites is 1. The van der Waals surface area contributed by atoms with Crippen molar-refractivity contribution in [3.63, 3.8) is 0 Å². The highest BCUT2D eigenvalue weighted by molar-refractivity contribution is 9.10.